The molecule has 0 aliphatic heterocycles. The van der Waals surface area contributed by atoms with Crippen molar-refractivity contribution in [3.63, 3.8) is 0 Å². The molecule has 0 spiro atoms. The minimum atomic E-state index is -0.203. The van der Waals surface area contributed by atoms with Crippen LogP contribution >= 0.6 is 0 Å². The number of hydrogen-bond acceptors (Lipinski definition) is 2. The summed E-state index contributed by atoms with van der Waals surface area (Å²) in [6, 6.07) is 19.8. The van der Waals surface area contributed by atoms with E-state index in [-0.39, 0.29) is 20.4 Å². The average molecular weight is 368 g/mol. The number of aromatic nitrogens is 2. The molecule has 0 N–H and O–H groups in total. The standard InChI is InChI=1S/C18H15N3OSe/c1-14(22)19-18-21(16-10-6-3-7-11-16)20-17(23-18)13-12-15-8-4-2-5-9-15/h2-13H,1H3/b13-12+,19-18?. The van der Waals surface area contributed by atoms with Crippen LogP contribution in [0.1, 0.15) is 17.1 Å². The van der Waals surface area contributed by atoms with E-state index in [0.29, 0.717) is 4.36 Å². The first-order chi connectivity index (χ1) is 11.2. The van der Waals surface area contributed by atoms with E-state index < -0.39 is 0 Å². The van der Waals surface area contributed by atoms with Gasteiger partial charge in [0.1, 0.15) is 0 Å². The van der Waals surface area contributed by atoms with E-state index in [2.05, 4.69) is 10.1 Å². The zero-order chi connectivity index (χ0) is 16.1. The van der Waals surface area contributed by atoms with E-state index in [0.717, 1.165) is 15.8 Å². The number of nitrogens with zero attached hydrogens (tertiary/aromatic N) is 3. The van der Waals surface area contributed by atoms with Crippen molar-refractivity contribution in [1.29, 1.82) is 0 Å². The molecule has 0 unspecified atom stereocenters. The predicted octanol–water partition coefficient (Wildman–Crippen LogP) is 2.55. The van der Waals surface area contributed by atoms with Gasteiger partial charge in [0.25, 0.3) is 0 Å². The number of benzene rings is 2. The maximum absolute atomic E-state index is 11.4. The summed E-state index contributed by atoms with van der Waals surface area (Å²) in [5.41, 5.74) is 2.03. The van der Waals surface area contributed by atoms with Crippen molar-refractivity contribution in [2.75, 3.05) is 0 Å². The Morgan fingerprint density at radius 2 is 1.70 bits per heavy atom. The molecule has 1 aromatic heterocycles. The van der Waals surface area contributed by atoms with Gasteiger partial charge in [-0.25, -0.2) is 0 Å². The molecule has 0 saturated carbocycles. The van der Waals surface area contributed by atoms with Gasteiger partial charge in [-0.15, -0.1) is 0 Å². The van der Waals surface area contributed by atoms with Gasteiger partial charge in [0.2, 0.25) is 0 Å². The summed E-state index contributed by atoms with van der Waals surface area (Å²) in [5.74, 6) is -0.203. The topological polar surface area (TPSA) is 47.2 Å². The van der Waals surface area contributed by atoms with Crippen LogP contribution in [0.4, 0.5) is 0 Å². The zero-order valence-electron chi connectivity index (χ0n) is 12.6. The first kappa shape index (κ1) is 15.4. The third-order valence-corrected chi connectivity index (χ3v) is 4.88. The normalized spacial score (nSPS) is 12.0. The van der Waals surface area contributed by atoms with Crippen LogP contribution in [0, 0.1) is 0 Å². The summed E-state index contributed by atoms with van der Waals surface area (Å²) < 4.78 is 3.40. The SMILES string of the molecule is CC(=O)N=c1[se]c(/C=C/c2ccccc2)nn1-c1ccccc1. The van der Waals surface area contributed by atoms with E-state index in [1.165, 1.54) is 6.92 Å². The number of amides is 1. The van der Waals surface area contributed by atoms with Crippen molar-refractivity contribution < 1.29 is 4.79 Å². The fraction of sp³-hybridized carbons (Fsp3) is 0.0556. The van der Waals surface area contributed by atoms with Gasteiger partial charge in [-0.1, -0.05) is 0 Å². The van der Waals surface area contributed by atoms with Crippen LogP contribution in [-0.4, -0.2) is 30.2 Å². The maximum atomic E-state index is 11.4. The molecule has 23 heavy (non-hydrogen) atoms. The minimum absolute atomic E-state index is 0.0905. The van der Waals surface area contributed by atoms with Crippen LogP contribution in [0.3, 0.4) is 0 Å². The van der Waals surface area contributed by atoms with Crippen LogP contribution in [0.2, 0.25) is 0 Å². The number of carbonyl (C=O) groups is 1. The van der Waals surface area contributed by atoms with E-state index in [9.17, 15) is 4.79 Å². The molecule has 3 rings (SSSR count). The molecule has 114 valence electrons. The second-order valence-corrected chi connectivity index (χ2v) is 6.92. The molecule has 0 aliphatic rings. The Balaban J connectivity index is 2.02. The van der Waals surface area contributed by atoms with Gasteiger partial charge in [0.15, 0.2) is 0 Å². The summed E-state index contributed by atoms with van der Waals surface area (Å²) in [5, 5.41) is 4.62. The summed E-state index contributed by atoms with van der Waals surface area (Å²) in [7, 11) is 0. The molecule has 2 aromatic carbocycles. The monoisotopic (exact) mass is 369 g/mol. The first-order valence-electron chi connectivity index (χ1n) is 7.16. The van der Waals surface area contributed by atoms with E-state index in [1.54, 1.807) is 4.68 Å². The molecule has 1 heterocycles. The molecule has 0 radical (unpaired) electrons. The van der Waals surface area contributed by atoms with E-state index >= 15 is 0 Å². The Labute approximate surface area is 140 Å². The molecule has 4 nitrogen and oxygen atoms in total. The third kappa shape index (κ3) is 4.03. The van der Waals surface area contributed by atoms with Gasteiger partial charge in [0.05, 0.1) is 0 Å². The molecule has 3 aromatic rings. The Morgan fingerprint density at radius 3 is 2.35 bits per heavy atom. The molecule has 0 atom stereocenters. The molecule has 0 fully saturated rings. The fourth-order valence-corrected chi connectivity index (χ4v) is 3.83. The van der Waals surface area contributed by atoms with Crippen molar-refractivity contribution in [3.8, 4) is 5.69 Å². The second kappa shape index (κ2) is 7.18. The van der Waals surface area contributed by atoms with Crippen molar-refractivity contribution in [2.24, 2.45) is 4.99 Å². The van der Waals surface area contributed by atoms with Gasteiger partial charge in [0, 0.05) is 0 Å². The summed E-state index contributed by atoms with van der Waals surface area (Å²) >= 11 is -0.0905. The van der Waals surface area contributed by atoms with Crippen LogP contribution in [0.15, 0.2) is 65.7 Å². The van der Waals surface area contributed by atoms with Crippen LogP contribution < -0.4 is 4.36 Å². The summed E-state index contributed by atoms with van der Waals surface area (Å²) in [6.07, 6.45) is 4.02. The quantitative estimate of drug-likeness (QED) is 0.667. The molecule has 0 saturated heterocycles. The van der Waals surface area contributed by atoms with Crippen LogP contribution in [-0.2, 0) is 4.79 Å². The van der Waals surface area contributed by atoms with Gasteiger partial charge in [-0.05, 0) is 0 Å². The van der Waals surface area contributed by atoms with Gasteiger partial charge < -0.3 is 0 Å². The zero-order valence-corrected chi connectivity index (χ0v) is 14.3. The molecular weight excluding hydrogens is 353 g/mol. The Hall–Kier alpha value is -2.49. The Morgan fingerprint density at radius 1 is 1.04 bits per heavy atom. The number of rotatable bonds is 3. The second-order valence-electron chi connectivity index (χ2n) is 4.85. The van der Waals surface area contributed by atoms with Crippen LogP contribution in [0.5, 0.6) is 0 Å². The summed E-state index contributed by atoms with van der Waals surface area (Å²) in [4.78, 5) is 15.5. The third-order valence-electron chi connectivity index (χ3n) is 3.05. The first-order valence-corrected chi connectivity index (χ1v) is 8.88. The van der Waals surface area contributed by atoms with Gasteiger partial charge in [-0.3, -0.25) is 0 Å². The number of carbonyl (C=O) groups excluding carboxylic acids is 1. The van der Waals surface area contributed by atoms with Crippen LogP contribution in [0.25, 0.3) is 17.8 Å². The fourth-order valence-electron chi connectivity index (χ4n) is 2.04. The Bertz CT molecular complexity index is 893. The molecule has 5 heteroatoms. The van der Waals surface area contributed by atoms with Gasteiger partial charge >= 0.3 is 140 Å². The van der Waals surface area contributed by atoms with Crippen molar-refractivity contribution in [3.05, 3.63) is 75.2 Å². The summed E-state index contributed by atoms with van der Waals surface area (Å²) in [6.45, 7) is 1.46. The predicted molar refractivity (Wildman–Crippen MR) is 92.1 cm³/mol. The molecule has 1 amide bonds. The Kier molecular flexibility index (Phi) is 4.81. The van der Waals surface area contributed by atoms with Crippen molar-refractivity contribution in [1.82, 2.24) is 9.78 Å². The molecule has 0 bridgehead atoms. The van der Waals surface area contributed by atoms with E-state index in [4.69, 9.17) is 0 Å². The van der Waals surface area contributed by atoms with Gasteiger partial charge in [-0.2, -0.15) is 0 Å². The van der Waals surface area contributed by atoms with E-state index in [1.807, 2.05) is 72.8 Å². The number of para-hydroxylation sites is 1. The average Bonchev–Trinajstić information content (AvgIpc) is 2.97. The van der Waals surface area contributed by atoms with Crippen molar-refractivity contribution >= 4 is 32.6 Å². The van der Waals surface area contributed by atoms with Crippen molar-refractivity contribution in [2.45, 2.75) is 6.92 Å². The molecule has 0 aliphatic carbocycles. The number of hydrogen-bond donors (Lipinski definition) is 0. The molecular formula is C18H15N3OSe.